The van der Waals surface area contributed by atoms with Gasteiger partial charge in [-0.15, -0.1) is 0 Å². The van der Waals surface area contributed by atoms with Gasteiger partial charge in [0.2, 0.25) is 11.8 Å². The number of rotatable bonds is 6. The zero-order chi connectivity index (χ0) is 36.8. The molecule has 0 radical (unpaired) electrons. The number of ether oxygens (including phenoxy) is 2. The Kier molecular flexibility index (Phi) is 8.17. The first-order chi connectivity index (χ1) is 24.5. The maximum atomic E-state index is 7.19. The van der Waals surface area contributed by atoms with Crippen molar-refractivity contribution in [2.45, 2.75) is 135 Å². The van der Waals surface area contributed by atoms with Crippen LogP contribution < -0.4 is 0 Å². The predicted molar refractivity (Wildman–Crippen MR) is 214 cm³/mol. The van der Waals surface area contributed by atoms with E-state index >= 15 is 0 Å². The molecule has 4 aromatic rings. The second-order valence-corrected chi connectivity index (χ2v) is 19.2. The van der Waals surface area contributed by atoms with Gasteiger partial charge >= 0.3 is 0 Å². The van der Waals surface area contributed by atoms with E-state index in [2.05, 4.69) is 154 Å². The van der Waals surface area contributed by atoms with Crippen molar-refractivity contribution in [3.8, 4) is 0 Å². The second kappa shape index (κ2) is 12.2. The topological polar surface area (TPSA) is 43.2 Å². The van der Waals surface area contributed by atoms with Crippen molar-refractivity contribution in [1.29, 1.82) is 0 Å². The van der Waals surface area contributed by atoms with Crippen LogP contribution in [-0.2, 0) is 51.4 Å². The maximum absolute atomic E-state index is 7.19. The van der Waals surface area contributed by atoms with Crippen LogP contribution in [0.15, 0.2) is 94.9 Å². The van der Waals surface area contributed by atoms with Crippen LogP contribution in [0.1, 0.15) is 130 Å². The van der Waals surface area contributed by atoms with E-state index in [1.807, 2.05) is 0 Å². The normalized spacial score (nSPS) is 22.2. The van der Waals surface area contributed by atoms with Crippen molar-refractivity contribution >= 4 is 11.8 Å². The van der Waals surface area contributed by atoms with Crippen molar-refractivity contribution < 1.29 is 9.47 Å². The van der Waals surface area contributed by atoms with Crippen LogP contribution in [0.2, 0.25) is 0 Å². The number of aliphatic imine (C=N–C) groups is 2. The highest BCUT2D eigenvalue weighted by molar-refractivity contribution is 6.07. The summed E-state index contributed by atoms with van der Waals surface area (Å²) in [6.45, 7) is 23.0. The number of hydrogen-bond acceptors (Lipinski definition) is 4. The summed E-state index contributed by atoms with van der Waals surface area (Å²) in [4.78, 5) is 11.2. The van der Waals surface area contributed by atoms with E-state index in [0.717, 1.165) is 24.6 Å². The maximum Gasteiger partial charge on any atom is 0.201 e. The van der Waals surface area contributed by atoms with Gasteiger partial charge in [0.1, 0.15) is 29.7 Å². The highest BCUT2D eigenvalue weighted by Crippen LogP contribution is 2.50. The summed E-state index contributed by atoms with van der Waals surface area (Å²) in [6.07, 6.45) is 3.04. The van der Waals surface area contributed by atoms with Gasteiger partial charge in [0, 0.05) is 12.8 Å². The molecule has 270 valence electrons. The first kappa shape index (κ1) is 34.9. The van der Waals surface area contributed by atoms with Crippen LogP contribution in [0, 0.1) is 12.3 Å². The molecule has 4 aliphatic rings. The molecule has 4 aromatic carbocycles. The molecular formula is C48H56N2O2. The Hall–Kier alpha value is -4.18. The van der Waals surface area contributed by atoms with Crippen LogP contribution in [0.5, 0.6) is 0 Å². The Balaban J connectivity index is 1.36. The van der Waals surface area contributed by atoms with Gasteiger partial charge in [-0.25, -0.2) is 9.98 Å². The lowest BCUT2D eigenvalue weighted by Crippen LogP contribution is -2.45. The summed E-state index contributed by atoms with van der Waals surface area (Å²) in [5, 5.41) is 0. The lowest BCUT2D eigenvalue weighted by Gasteiger charge is -2.35. The van der Waals surface area contributed by atoms with Gasteiger partial charge < -0.3 is 9.47 Å². The van der Waals surface area contributed by atoms with Gasteiger partial charge in [-0.3, -0.25) is 0 Å². The molecule has 0 spiro atoms. The molecule has 0 unspecified atom stereocenters. The number of hydrogen-bond donors (Lipinski definition) is 0. The average Bonchev–Trinajstić information content (AvgIpc) is 3.82. The van der Waals surface area contributed by atoms with Crippen LogP contribution in [0.25, 0.3) is 0 Å². The lowest BCUT2D eigenvalue weighted by molar-refractivity contribution is 0.162. The van der Waals surface area contributed by atoms with Gasteiger partial charge in [0.05, 0.1) is 0 Å². The summed E-state index contributed by atoms with van der Waals surface area (Å²) in [5.74, 6) is 1.56. The van der Waals surface area contributed by atoms with Crippen LogP contribution in [0.4, 0.5) is 0 Å². The predicted octanol–water partition coefficient (Wildman–Crippen LogP) is 10.8. The Morgan fingerprint density at radius 3 is 1.38 bits per heavy atom. The fourth-order valence-corrected chi connectivity index (χ4v) is 8.88. The van der Waals surface area contributed by atoms with E-state index in [4.69, 9.17) is 19.5 Å². The quantitative estimate of drug-likeness (QED) is 0.202. The third kappa shape index (κ3) is 6.20. The van der Waals surface area contributed by atoms with Gasteiger partial charge in [-0.2, -0.15) is 0 Å². The Morgan fingerprint density at radius 2 is 0.942 bits per heavy atom. The van der Waals surface area contributed by atoms with E-state index in [-0.39, 0.29) is 40.5 Å². The minimum Gasteiger partial charge on any atom is -0.474 e. The van der Waals surface area contributed by atoms with Crippen LogP contribution in [0.3, 0.4) is 0 Å². The molecule has 0 fully saturated rings. The minimum absolute atomic E-state index is 0.0102. The molecule has 2 heterocycles. The Morgan fingerprint density at radius 1 is 0.538 bits per heavy atom. The Labute approximate surface area is 311 Å². The smallest absolute Gasteiger partial charge is 0.201 e. The van der Waals surface area contributed by atoms with Crippen molar-refractivity contribution in [2.24, 2.45) is 15.4 Å². The molecule has 2 aliphatic heterocycles. The fraction of sp³-hybridized carbons (Fsp3) is 0.458. The molecule has 8 rings (SSSR count). The zero-order valence-corrected chi connectivity index (χ0v) is 32.9. The molecule has 0 saturated carbocycles. The molecule has 0 saturated heterocycles. The molecule has 2 aliphatic carbocycles. The van der Waals surface area contributed by atoms with Crippen molar-refractivity contribution in [2.75, 3.05) is 0 Å². The monoisotopic (exact) mass is 692 g/mol. The summed E-state index contributed by atoms with van der Waals surface area (Å²) in [5.41, 5.74) is 12.3. The standard InChI is InChI=1S/C48H56N2O2/c1-29-19-30(21-34(20-29)45(2,3)4)27-48(43-49-41-37-17-13-11-15-32(37)24-39(41)51-43,44-50-42-38-18-14-12-16-33(38)25-40(42)52-44)28-31-22-35(46(5,6)7)26-36(23-31)47(8,9)10/h11-23,26,39-42H,24-25,27-28H2,1-10H3/t39-,40-,41+,42+/m1/s1. The lowest BCUT2D eigenvalue weighted by atomic mass is 9.72. The second-order valence-electron chi connectivity index (χ2n) is 19.2. The molecule has 4 atom stereocenters. The molecule has 0 bridgehead atoms. The summed E-state index contributed by atoms with van der Waals surface area (Å²) in [6, 6.07) is 31.8. The van der Waals surface area contributed by atoms with Gasteiger partial charge in [0.15, 0.2) is 0 Å². The van der Waals surface area contributed by atoms with E-state index < -0.39 is 5.41 Å². The summed E-state index contributed by atoms with van der Waals surface area (Å²) < 4.78 is 14.4. The number of aryl methyl sites for hydroxylation is 1. The minimum atomic E-state index is -0.743. The molecule has 0 N–H and O–H groups in total. The Bertz CT molecular complexity index is 1990. The van der Waals surface area contributed by atoms with E-state index in [1.54, 1.807) is 0 Å². The van der Waals surface area contributed by atoms with Crippen molar-refractivity contribution in [1.82, 2.24) is 0 Å². The molecule has 52 heavy (non-hydrogen) atoms. The fourth-order valence-electron chi connectivity index (χ4n) is 8.88. The summed E-state index contributed by atoms with van der Waals surface area (Å²) in [7, 11) is 0. The van der Waals surface area contributed by atoms with Crippen molar-refractivity contribution in [3.05, 3.63) is 141 Å². The highest BCUT2D eigenvalue weighted by atomic mass is 16.5. The van der Waals surface area contributed by atoms with Crippen molar-refractivity contribution in [3.63, 3.8) is 0 Å². The third-order valence-corrected chi connectivity index (χ3v) is 11.9. The molecular weight excluding hydrogens is 637 g/mol. The largest absolute Gasteiger partial charge is 0.474 e. The molecule has 4 nitrogen and oxygen atoms in total. The average molecular weight is 693 g/mol. The number of nitrogens with zero attached hydrogens (tertiary/aromatic N) is 2. The van der Waals surface area contributed by atoms with Gasteiger partial charge in [0.25, 0.3) is 0 Å². The first-order valence-corrected chi connectivity index (χ1v) is 19.4. The molecule has 0 aromatic heterocycles. The van der Waals surface area contributed by atoms with Gasteiger partial charge in [-0.05, 0) is 86.1 Å². The first-order valence-electron chi connectivity index (χ1n) is 19.4. The van der Waals surface area contributed by atoms with E-state index in [0.29, 0.717) is 12.8 Å². The van der Waals surface area contributed by atoms with Crippen LogP contribution in [-0.4, -0.2) is 24.0 Å². The summed E-state index contributed by atoms with van der Waals surface area (Å²) >= 11 is 0. The van der Waals surface area contributed by atoms with Gasteiger partial charge in [-0.1, -0.05) is 153 Å². The van der Waals surface area contributed by atoms with Crippen LogP contribution >= 0.6 is 0 Å². The number of fused-ring (bicyclic) bond motifs is 6. The van der Waals surface area contributed by atoms with E-state index in [9.17, 15) is 0 Å². The number of benzene rings is 4. The SMILES string of the molecule is Cc1cc(CC(Cc2cc(C(C)(C)C)cc(C(C)(C)C)c2)(C2=N[C@H]3c4ccccc4C[C@H]3O2)C2=N[C@H]3c4ccccc4C[C@H]3O2)cc(C(C)(C)C)c1. The molecule has 4 heteroatoms. The highest BCUT2D eigenvalue weighted by Gasteiger charge is 2.55. The zero-order valence-electron chi connectivity index (χ0n) is 32.9. The molecule has 0 amide bonds. The third-order valence-electron chi connectivity index (χ3n) is 11.9. The van der Waals surface area contributed by atoms with E-state index in [1.165, 1.54) is 55.6 Å².